The quantitative estimate of drug-likeness (QED) is 0.453. The fourth-order valence-corrected chi connectivity index (χ4v) is 7.73. The molecule has 0 unspecified atom stereocenters. The Kier molecular flexibility index (Phi) is 16.7. The fraction of sp³-hybridized carbons (Fsp3) is 0.583. The molecule has 0 aliphatic heterocycles. The smallest absolute Gasteiger partial charge is 0.857 e. The van der Waals surface area contributed by atoms with E-state index in [0.717, 1.165) is 14.2 Å². The Bertz CT molecular complexity index is 590. The van der Waals surface area contributed by atoms with Crippen LogP contribution in [0.25, 0.3) is 0 Å². The van der Waals surface area contributed by atoms with Gasteiger partial charge in [0, 0.05) is 32.3 Å². The molecular formula is C24H48O2Si4Ti. The summed E-state index contributed by atoms with van der Waals surface area (Å²) in [6, 6.07) is 14.3. The van der Waals surface area contributed by atoms with E-state index in [1.54, 1.807) is 20.7 Å². The van der Waals surface area contributed by atoms with Gasteiger partial charge >= 0.3 is 21.7 Å². The Morgan fingerprint density at radius 3 is 0.839 bits per heavy atom. The summed E-state index contributed by atoms with van der Waals surface area (Å²) in [4.78, 5) is 0. The first-order valence-corrected chi connectivity index (χ1v) is 24.8. The van der Waals surface area contributed by atoms with E-state index >= 15 is 0 Å². The molecule has 0 heterocycles. The molecule has 0 aliphatic carbocycles. The summed E-state index contributed by atoms with van der Waals surface area (Å²) in [7, 11) is -2.78. The standard InChI is InChI=1S/2C11H21Si2.2CH3O.Ti/c2*1-12(2,3)10-7-8-11(9-10)13(4,5)6;2*1-2;/h2*7-9H,1-6H3;2*1H3;/q4*-1;+4. The molecule has 31 heavy (non-hydrogen) atoms. The zero-order valence-corrected chi connectivity index (χ0v) is 28.3. The van der Waals surface area contributed by atoms with Crippen molar-refractivity contribution in [2.75, 3.05) is 14.2 Å². The van der Waals surface area contributed by atoms with E-state index in [-0.39, 0.29) is 21.7 Å². The normalized spacial score (nSPS) is 11.6. The zero-order chi connectivity index (χ0) is 24.6. The first-order chi connectivity index (χ1) is 13.4. The second-order valence-electron chi connectivity index (χ2n) is 11.8. The van der Waals surface area contributed by atoms with Crippen molar-refractivity contribution < 1.29 is 31.9 Å². The Morgan fingerprint density at radius 1 is 0.516 bits per heavy atom. The van der Waals surface area contributed by atoms with Gasteiger partial charge in [-0.25, -0.2) is 22.5 Å². The summed E-state index contributed by atoms with van der Waals surface area (Å²) in [5, 5.41) is 23.0. The Labute approximate surface area is 213 Å². The Morgan fingerprint density at radius 2 is 0.742 bits per heavy atom. The van der Waals surface area contributed by atoms with Crippen molar-refractivity contribution in [2.24, 2.45) is 0 Å². The maximum Gasteiger partial charge on any atom is 4.00 e. The molecule has 2 aromatic rings. The van der Waals surface area contributed by atoms with Crippen molar-refractivity contribution in [1.82, 2.24) is 0 Å². The predicted octanol–water partition coefficient (Wildman–Crippen LogP) is 2.94. The van der Waals surface area contributed by atoms with E-state index in [1.165, 1.54) is 0 Å². The minimum atomic E-state index is -1.07. The SMILES string of the molecule is C[O-].C[O-].C[Si](C)(C)c1cc[c-]([Si](C)(C)C)c1.C[Si](C)(C)c1cc[c-]([Si](C)(C)C)c1.[Ti+4]. The van der Waals surface area contributed by atoms with Gasteiger partial charge in [0.2, 0.25) is 0 Å². The van der Waals surface area contributed by atoms with Gasteiger partial charge in [0.25, 0.3) is 0 Å². The molecule has 7 heteroatoms. The molecule has 0 saturated heterocycles. The minimum Gasteiger partial charge on any atom is -0.857 e. The van der Waals surface area contributed by atoms with Crippen LogP contribution in [0, 0.1) is 0 Å². The van der Waals surface area contributed by atoms with Gasteiger partial charge in [-0.15, -0.1) is 0 Å². The molecule has 0 saturated carbocycles. The first kappa shape index (κ1) is 35.8. The molecule has 0 aliphatic rings. The van der Waals surface area contributed by atoms with Crippen LogP contribution in [0.4, 0.5) is 0 Å². The van der Waals surface area contributed by atoms with E-state index in [1.807, 2.05) is 0 Å². The molecule has 0 atom stereocenters. The summed E-state index contributed by atoms with van der Waals surface area (Å²) in [5.74, 6) is 0. The summed E-state index contributed by atoms with van der Waals surface area (Å²) < 4.78 is 0. The van der Waals surface area contributed by atoms with Gasteiger partial charge in [-0.1, -0.05) is 78.6 Å². The van der Waals surface area contributed by atoms with Crippen molar-refractivity contribution in [3.63, 3.8) is 0 Å². The van der Waals surface area contributed by atoms with Gasteiger partial charge in [-0.3, -0.25) is 0 Å². The summed E-state index contributed by atoms with van der Waals surface area (Å²) in [5.41, 5.74) is 0. The molecule has 0 amide bonds. The Hall–Kier alpha value is 0.202. The molecule has 0 aromatic heterocycles. The van der Waals surface area contributed by atoms with Crippen LogP contribution in [0.1, 0.15) is 0 Å². The van der Waals surface area contributed by atoms with E-state index in [9.17, 15) is 0 Å². The first-order valence-electron chi connectivity index (χ1n) is 10.8. The average molecular weight is 529 g/mol. The monoisotopic (exact) mass is 528 g/mol. The largest absolute Gasteiger partial charge is 4.00 e. The maximum absolute atomic E-state index is 8.25. The molecule has 0 spiro atoms. The van der Waals surface area contributed by atoms with Crippen molar-refractivity contribution >= 4 is 53.0 Å². The molecule has 0 fully saturated rings. The Balaban J connectivity index is -0.000000424. The van der Waals surface area contributed by atoms with Crippen molar-refractivity contribution in [2.45, 2.75) is 78.6 Å². The summed E-state index contributed by atoms with van der Waals surface area (Å²) in [6.45, 7) is 29.0. The molecule has 2 nitrogen and oxygen atoms in total. The average Bonchev–Trinajstić information content (AvgIpc) is 3.27. The van der Waals surface area contributed by atoms with E-state index in [0.29, 0.717) is 0 Å². The van der Waals surface area contributed by atoms with E-state index in [2.05, 4.69) is 115 Å². The van der Waals surface area contributed by atoms with E-state index < -0.39 is 32.3 Å². The molecule has 2 aromatic carbocycles. The zero-order valence-electron chi connectivity index (χ0n) is 22.8. The van der Waals surface area contributed by atoms with Gasteiger partial charge in [-0.2, -0.15) is 48.9 Å². The van der Waals surface area contributed by atoms with E-state index in [4.69, 9.17) is 10.2 Å². The van der Waals surface area contributed by atoms with Crippen LogP contribution in [0.2, 0.25) is 78.6 Å². The second kappa shape index (κ2) is 14.5. The van der Waals surface area contributed by atoms with Crippen LogP contribution in [0.5, 0.6) is 0 Å². The van der Waals surface area contributed by atoms with Crippen molar-refractivity contribution in [3.05, 3.63) is 36.4 Å². The van der Waals surface area contributed by atoms with Gasteiger partial charge < -0.3 is 10.2 Å². The topological polar surface area (TPSA) is 46.1 Å². The van der Waals surface area contributed by atoms with Crippen molar-refractivity contribution in [3.8, 4) is 0 Å². The fourth-order valence-electron chi connectivity index (χ4n) is 2.75. The number of hydrogen-bond acceptors (Lipinski definition) is 2. The second-order valence-corrected chi connectivity index (χ2v) is 32.1. The van der Waals surface area contributed by atoms with Crippen LogP contribution >= 0.6 is 0 Å². The summed E-state index contributed by atoms with van der Waals surface area (Å²) >= 11 is 0. The third-order valence-corrected chi connectivity index (χ3v) is 13.1. The minimum absolute atomic E-state index is 0. The van der Waals surface area contributed by atoms with Crippen LogP contribution in [-0.2, 0) is 21.7 Å². The van der Waals surface area contributed by atoms with Crippen LogP contribution in [-0.4, -0.2) is 46.5 Å². The molecule has 0 N–H and O–H groups in total. The maximum atomic E-state index is 8.25. The van der Waals surface area contributed by atoms with Crippen LogP contribution in [0.15, 0.2) is 36.4 Å². The summed E-state index contributed by atoms with van der Waals surface area (Å²) in [6.07, 6.45) is 0. The van der Waals surface area contributed by atoms with Gasteiger partial charge in [0.05, 0.1) is 0 Å². The third kappa shape index (κ3) is 13.5. The van der Waals surface area contributed by atoms with Crippen LogP contribution < -0.4 is 31.0 Å². The van der Waals surface area contributed by atoms with Gasteiger partial charge in [0.15, 0.2) is 0 Å². The van der Waals surface area contributed by atoms with Gasteiger partial charge in [0.1, 0.15) is 0 Å². The molecule has 0 radical (unpaired) electrons. The van der Waals surface area contributed by atoms with Crippen molar-refractivity contribution in [1.29, 1.82) is 0 Å². The van der Waals surface area contributed by atoms with Crippen LogP contribution in [0.3, 0.4) is 0 Å². The molecule has 176 valence electrons. The predicted molar refractivity (Wildman–Crippen MR) is 148 cm³/mol. The number of hydrogen-bond donors (Lipinski definition) is 0. The molecule has 2 rings (SSSR count). The molecular weight excluding hydrogens is 480 g/mol. The molecule has 0 bridgehead atoms. The number of rotatable bonds is 4. The third-order valence-electron chi connectivity index (χ3n) is 4.97. The van der Waals surface area contributed by atoms with Gasteiger partial charge in [-0.05, 0) is 0 Å².